The smallest absolute Gasteiger partial charge is 0.209 e. The van der Waals surface area contributed by atoms with E-state index in [0.717, 1.165) is 26.8 Å². The third-order valence-electron chi connectivity index (χ3n) is 6.11. The van der Waals surface area contributed by atoms with Gasteiger partial charge in [-0.05, 0) is 73.5 Å². The second-order valence-electron chi connectivity index (χ2n) is 8.99. The number of rotatable bonds is 7. The number of para-hydroxylation sites is 2. The van der Waals surface area contributed by atoms with Crippen molar-refractivity contribution in [2.45, 2.75) is 39.8 Å². The number of Topliss-reactive ketones (excluding diaryl/α,β-unsaturated/α-hetero) is 1. The summed E-state index contributed by atoms with van der Waals surface area (Å²) in [5, 5.41) is 3.38. The van der Waals surface area contributed by atoms with Crippen molar-refractivity contribution in [2.75, 3.05) is 11.9 Å². The summed E-state index contributed by atoms with van der Waals surface area (Å²) in [4.78, 5) is 18.8. The van der Waals surface area contributed by atoms with E-state index in [9.17, 15) is 4.79 Å². The molecule has 184 valence electrons. The minimum Gasteiger partial charge on any atom is -0.490 e. The maximum atomic E-state index is 14.0. The summed E-state index contributed by atoms with van der Waals surface area (Å²) in [6.07, 6.45) is -0.0215. The van der Waals surface area contributed by atoms with Crippen LogP contribution in [0, 0.1) is 0 Å². The van der Waals surface area contributed by atoms with Crippen molar-refractivity contribution in [3.63, 3.8) is 0 Å². The van der Waals surface area contributed by atoms with Crippen molar-refractivity contribution < 1.29 is 14.3 Å². The second kappa shape index (κ2) is 9.82. The number of benzene rings is 3. The first-order valence-corrected chi connectivity index (χ1v) is 12.9. The van der Waals surface area contributed by atoms with Gasteiger partial charge in [-0.3, -0.25) is 9.36 Å². The Hall–Kier alpha value is -3.58. The molecule has 1 aliphatic heterocycles. The van der Waals surface area contributed by atoms with Crippen molar-refractivity contribution >= 4 is 38.7 Å². The summed E-state index contributed by atoms with van der Waals surface area (Å²) in [6, 6.07) is 20.9. The van der Waals surface area contributed by atoms with Gasteiger partial charge in [-0.2, -0.15) is 0 Å². The summed E-state index contributed by atoms with van der Waals surface area (Å²) in [7, 11) is 0. The average Bonchev–Trinajstić information content (AvgIpc) is 3.23. The van der Waals surface area contributed by atoms with Gasteiger partial charge < -0.3 is 14.8 Å². The second-order valence-corrected chi connectivity index (χ2v) is 9.84. The van der Waals surface area contributed by atoms with E-state index in [1.807, 2.05) is 94.4 Å². The number of imidazole rings is 1. The molecule has 0 aliphatic carbocycles. The number of hydrogen-bond donors (Lipinski definition) is 1. The molecule has 7 heteroatoms. The molecular weight excluding hydrogens is 518 g/mol. The van der Waals surface area contributed by atoms with Crippen molar-refractivity contribution in [1.29, 1.82) is 0 Å². The predicted molar refractivity (Wildman–Crippen MR) is 146 cm³/mol. The molecule has 1 aromatic heterocycles. The van der Waals surface area contributed by atoms with E-state index in [1.54, 1.807) is 0 Å². The summed E-state index contributed by atoms with van der Waals surface area (Å²) in [5.74, 6) is 1.94. The van der Waals surface area contributed by atoms with Crippen molar-refractivity contribution in [2.24, 2.45) is 0 Å². The number of fused-ring (bicyclic) bond motifs is 3. The zero-order chi connectivity index (χ0) is 25.4. The summed E-state index contributed by atoms with van der Waals surface area (Å²) in [6.45, 7) is 8.33. The van der Waals surface area contributed by atoms with Crippen molar-refractivity contribution in [3.8, 4) is 11.5 Å². The van der Waals surface area contributed by atoms with Crippen LogP contribution in [0.1, 0.15) is 49.7 Å². The Morgan fingerprint density at radius 3 is 2.56 bits per heavy atom. The van der Waals surface area contributed by atoms with Gasteiger partial charge in [-0.1, -0.05) is 42.5 Å². The fourth-order valence-corrected chi connectivity index (χ4v) is 5.23. The molecule has 36 heavy (non-hydrogen) atoms. The van der Waals surface area contributed by atoms with Crippen molar-refractivity contribution in [1.82, 2.24) is 9.55 Å². The first kappa shape index (κ1) is 24.1. The van der Waals surface area contributed by atoms with Gasteiger partial charge in [0.1, 0.15) is 0 Å². The minimum atomic E-state index is -0.426. The highest BCUT2D eigenvalue weighted by atomic mass is 79.9. The summed E-state index contributed by atoms with van der Waals surface area (Å²) >= 11 is 3.71. The number of allylic oxidation sites excluding steroid dienone is 2. The van der Waals surface area contributed by atoms with Gasteiger partial charge >= 0.3 is 0 Å². The Bertz CT molecular complexity index is 1470. The minimum absolute atomic E-state index is 0.0215. The normalized spacial score (nSPS) is 15.1. The highest BCUT2D eigenvalue weighted by Crippen LogP contribution is 2.45. The van der Waals surface area contributed by atoms with Gasteiger partial charge in [0.05, 0.1) is 34.3 Å². The van der Waals surface area contributed by atoms with Crippen LogP contribution in [-0.4, -0.2) is 28.0 Å². The largest absolute Gasteiger partial charge is 0.490 e. The van der Waals surface area contributed by atoms with Crippen molar-refractivity contribution in [3.05, 3.63) is 93.6 Å². The van der Waals surface area contributed by atoms with Gasteiger partial charge in [-0.25, -0.2) is 4.98 Å². The Morgan fingerprint density at radius 2 is 1.83 bits per heavy atom. The topological polar surface area (TPSA) is 65.4 Å². The van der Waals surface area contributed by atoms with E-state index in [4.69, 9.17) is 14.5 Å². The number of carbonyl (C=O) groups excluding carboxylic acids is 1. The van der Waals surface area contributed by atoms with Gasteiger partial charge in [0.2, 0.25) is 5.95 Å². The number of carbonyl (C=O) groups is 1. The Balaban J connectivity index is 1.76. The number of ether oxygens (including phenoxy) is 2. The molecule has 0 fully saturated rings. The van der Waals surface area contributed by atoms with Crippen LogP contribution in [-0.2, 0) is 0 Å². The molecule has 0 saturated heterocycles. The molecule has 2 heterocycles. The van der Waals surface area contributed by atoms with E-state index in [2.05, 4.69) is 25.8 Å². The SMILES string of the molecule is CCOc1cc(C2C(C(=O)c3ccccc3)=C(C)Nc3nc4ccccc4n32)cc(Br)c1OC(C)C. The van der Waals surface area contributed by atoms with E-state index in [1.165, 1.54) is 0 Å². The maximum Gasteiger partial charge on any atom is 0.209 e. The lowest BCUT2D eigenvalue weighted by Crippen LogP contribution is -2.28. The van der Waals surface area contributed by atoms with Gasteiger partial charge in [0.15, 0.2) is 17.3 Å². The number of nitrogens with one attached hydrogen (secondary N) is 1. The number of aromatic nitrogens is 2. The van der Waals surface area contributed by atoms with Crippen LogP contribution in [0.25, 0.3) is 11.0 Å². The molecule has 0 radical (unpaired) electrons. The van der Waals surface area contributed by atoms with Crippen LogP contribution in [0.5, 0.6) is 11.5 Å². The zero-order valence-electron chi connectivity index (χ0n) is 20.7. The lowest BCUT2D eigenvalue weighted by molar-refractivity contribution is 0.102. The zero-order valence-corrected chi connectivity index (χ0v) is 22.3. The monoisotopic (exact) mass is 545 g/mol. The summed E-state index contributed by atoms with van der Waals surface area (Å²) < 4.78 is 15.0. The number of halogens is 1. The van der Waals surface area contributed by atoms with Gasteiger partial charge in [0, 0.05) is 16.8 Å². The molecule has 3 aromatic carbocycles. The predicted octanol–water partition coefficient (Wildman–Crippen LogP) is 7.16. The fraction of sp³-hybridized carbons (Fsp3) is 0.241. The molecule has 1 aliphatic rings. The van der Waals surface area contributed by atoms with E-state index < -0.39 is 6.04 Å². The third kappa shape index (κ3) is 4.28. The standard InChI is InChI=1S/C29H28BrN3O3/c1-5-35-24-16-20(15-21(30)28(24)36-17(2)3)26-25(27(34)19-11-7-6-8-12-19)18(4)31-29-32-22-13-9-10-14-23(22)33(26)29/h6-17,26H,5H2,1-4H3,(H,31,32). The first-order valence-electron chi connectivity index (χ1n) is 12.1. The molecule has 0 spiro atoms. The maximum absolute atomic E-state index is 14.0. The first-order chi connectivity index (χ1) is 17.4. The molecule has 0 saturated carbocycles. The molecule has 0 bridgehead atoms. The highest BCUT2D eigenvalue weighted by Gasteiger charge is 2.35. The Morgan fingerprint density at radius 1 is 1.11 bits per heavy atom. The van der Waals surface area contributed by atoms with Crippen LogP contribution in [0.3, 0.4) is 0 Å². The van der Waals surface area contributed by atoms with Crippen LogP contribution < -0.4 is 14.8 Å². The highest BCUT2D eigenvalue weighted by molar-refractivity contribution is 9.10. The molecule has 6 nitrogen and oxygen atoms in total. The van der Waals surface area contributed by atoms with Crippen LogP contribution in [0.4, 0.5) is 5.95 Å². The van der Waals surface area contributed by atoms with Gasteiger partial charge in [0.25, 0.3) is 0 Å². The molecule has 4 aromatic rings. The van der Waals surface area contributed by atoms with E-state index >= 15 is 0 Å². The van der Waals surface area contributed by atoms with Crippen LogP contribution in [0.15, 0.2) is 82.5 Å². The molecule has 0 amide bonds. The summed E-state index contributed by atoms with van der Waals surface area (Å²) in [5.41, 5.74) is 4.75. The number of ketones is 1. The van der Waals surface area contributed by atoms with Gasteiger partial charge in [-0.15, -0.1) is 0 Å². The quantitative estimate of drug-likeness (QED) is 0.249. The average molecular weight is 546 g/mol. The molecule has 5 rings (SSSR count). The Kier molecular flexibility index (Phi) is 6.58. The lowest BCUT2D eigenvalue weighted by Gasteiger charge is -2.31. The fourth-order valence-electron chi connectivity index (χ4n) is 4.68. The Labute approximate surface area is 219 Å². The third-order valence-corrected chi connectivity index (χ3v) is 6.70. The number of hydrogen-bond acceptors (Lipinski definition) is 5. The number of nitrogens with zero attached hydrogens (tertiary/aromatic N) is 2. The lowest BCUT2D eigenvalue weighted by atomic mass is 9.89. The van der Waals surface area contributed by atoms with Crippen LogP contribution >= 0.6 is 15.9 Å². The molecule has 1 N–H and O–H groups in total. The van der Waals surface area contributed by atoms with E-state index in [-0.39, 0.29) is 11.9 Å². The molecule has 1 unspecified atom stereocenters. The van der Waals surface area contributed by atoms with Crippen LogP contribution in [0.2, 0.25) is 0 Å². The molecule has 1 atom stereocenters. The van der Waals surface area contributed by atoms with E-state index in [0.29, 0.717) is 35.2 Å². The molecular formula is C29H28BrN3O3. The number of anilines is 1.